The van der Waals surface area contributed by atoms with Gasteiger partial charge in [0.2, 0.25) is 0 Å². The molecule has 3 aromatic rings. The number of fused-ring (bicyclic) bond motifs is 1. The van der Waals surface area contributed by atoms with Gasteiger partial charge in [-0.25, -0.2) is 9.37 Å². The maximum Gasteiger partial charge on any atom is 0.252 e. The zero-order valence-electron chi connectivity index (χ0n) is 14.2. The highest BCUT2D eigenvalue weighted by Gasteiger charge is 2.33. The zero-order chi connectivity index (χ0) is 18.1. The Morgan fingerprint density at radius 3 is 3.19 bits per heavy atom. The lowest BCUT2D eigenvalue weighted by atomic mass is 10.1. The minimum atomic E-state index is -0.953. The quantitative estimate of drug-likeness (QED) is 0.734. The van der Waals surface area contributed by atoms with E-state index in [1.165, 1.54) is 6.20 Å². The number of nitrogens with zero attached hydrogens (tertiary/aromatic N) is 5. The maximum atomic E-state index is 13.9. The third kappa shape index (κ3) is 3.07. The Morgan fingerprint density at radius 1 is 1.50 bits per heavy atom. The molecule has 1 saturated heterocycles. The molecule has 3 aromatic heterocycles. The first-order chi connectivity index (χ1) is 12.6. The highest BCUT2D eigenvalue weighted by atomic mass is 19.1. The van der Waals surface area contributed by atoms with E-state index in [-0.39, 0.29) is 18.5 Å². The Morgan fingerprint density at radius 2 is 2.38 bits per heavy atom. The van der Waals surface area contributed by atoms with Crippen LogP contribution in [-0.4, -0.2) is 56.6 Å². The van der Waals surface area contributed by atoms with Crippen LogP contribution in [0.1, 0.15) is 22.5 Å². The molecule has 9 heteroatoms. The van der Waals surface area contributed by atoms with Crippen LogP contribution >= 0.6 is 0 Å². The number of H-pyrrole nitrogens is 1. The maximum absolute atomic E-state index is 13.9. The standard InChI is InChI=1S/C17H18FN7O/c1-10-14-5-11(7-19-16(14)24-22-10)17(26)20-8-13-6-12(18)9-25(13)15-3-2-4-21-23-15/h2-5,7,12-13H,6,8-9H2,1H3,(H,20,26)(H,19,22,24)/t12-,13-/m0/s1. The number of alkyl halides is 1. The molecule has 0 unspecified atom stereocenters. The van der Waals surface area contributed by atoms with Gasteiger partial charge >= 0.3 is 0 Å². The van der Waals surface area contributed by atoms with Crippen LogP contribution in [0, 0.1) is 6.92 Å². The molecule has 1 aliphatic heterocycles. The lowest BCUT2D eigenvalue weighted by Crippen LogP contribution is -2.40. The fourth-order valence-electron chi connectivity index (χ4n) is 3.24. The van der Waals surface area contributed by atoms with E-state index in [0.29, 0.717) is 30.0 Å². The first kappa shape index (κ1) is 16.4. The molecule has 8 nitrogen and oxygen atoms in total. The number of hydrogen-bond donors (Lipinski definition) is 2. The van der Waals surface area contributed by atoms with Gasteiger partial charge in [-0.2, -0.15) is 10.2 Å². The summed E-state index contributed by atoms with van der Waals surface area (Å²) < 4.78 is 13.9. The van der Waals surface area contributed by atoms with Crippen LogP contribution in [0.15, 0.2) is 30.6 Å². The number of carbonyl (C=O) groups is 1. The summed E-state index contributed by atoms with van der Waals surface area (Å²) in [6.45, 7) is 2.44. The molecule has 0 bridgehead atoms. The van der Waals surface area contributed by atoms with Crippen LogP contribution < -0.4 is 10.2 Å². The average Bonchev–Trinajstić information content (AvgIpc) is 3.23. The van der Waals surface area contributed by atoms with Gasteiger partial charge in [-0.05, 0) is 25.1 Å². The van der Waals surface area contributed by atoms with Crippen molar-refractivity contribution >= 4 is 22.8 Å². The van der Waals surface area contributed by atoms with Gasteiger partial charge in [-0.3, -0.25) is 9.89 Å². The highest BCUT2D eigenvalue weighted by Crippen LogP contribution is 2.25. The molecule has 1 aliphatic rings. The van der Waals surface area contributed by atoms with Gasteiger partial charge < -0.3 is 10.2 Å². The molecule has 2 N–H and O–H groups in total. The Hall–Kier alpha value is -3.10. The SMILES string of the molecule is Cc1[nH]nc2ncc(C(=O)NC[C@@H]3C[C@H](F)CN3c3cccnn3)cc12. The topological polar surface area (TPSA) is 99.7 Å². The number of rotatable bonds is 4. The molecule has 26 heavy (non-hydrogen) atoms. The molecule has 4 rings (SSSR count). The van der Waals surface area contributed by atoms with E-state index >= 15 is 0 Å². The monoisotopic (exact) mass is 355 g/mol. The number of halogens is 1. The van der Waals surface area contributed by atoms with Gasteiger partial charge in [0.15, 0.2) is 11.5 Å². The summed E-state index contributed by atoms with van der Waals surface area (Å²) >= 11 is 0. The normalized spacial score (nSPS) is 19.8. The predicted octanol–water partition coefficient (Wildman–Crippen LogP) is 1.40. The van der Waals surface area contributed by atoms with Gasteiger partial charge in [0.05, 0.1) is 18.2 Å². The molecule has 0 aliphatic carbocycles. The Kier molecular flexibility index (Phi) is 4.19. The van der Waals surface area contributed by atoms with Crippen LogP contribution in [0.4, 0.5) is 10.2 Å². The van der Waals surface area contributed by atoms with Gasteiger partial charge in [-0.15, -0.1) is 5.10 Å². The van der Waals surface area contributed by atoms with Crippen LogP contribution in [-0.2, 0) is 0 Å². The smallest absolute Gasteiger partial charge is 0.252 e. The summed E-state index contributed by atoms with van der Waals surface area (Å²) in [6, 6.07) is 5.14. The Bertz CT molecular complexity index is 929. The summed E-state index contributed by atoms with van der Waals surface area (Å²) in [4.78, 5) is 18.5. The number of nitrogens with one attached hydrogen (secondary N) is 2. The summed E-state index contributed by atoms with van der Waals surface area (Å²) in [7, 11) is 0. The number of carbonyl (C=O) groups excluding carboxylic acids is 1. The zero-order valence-corrected chi connectivity index (χ0v) is 14.2. The summed E-state index contributed by atoms with van der Waals surface area (Å²) in [5, 5.41) is 18.5. The summed E-state index contributed by atoms with van der Waals surface area (Å²) in [5.74, 6) is 0.366. The number of aromatic nitrogens is 5. The van der Waals surface area contributed by atoms with E-state index < -0.39 is 6.17 Å². The second kappa shape index (κ2) is 6.66. The summed E-state index contributed by atoms with van der Waals surface area (Å²) in [5.41, 5.74) is 1.87. The number of anilines is 1. The van der Waals surface area contributed by atoms with Crippen molar-refractivity contribution in [2.45, 2.75) is 25.6 Å². The molecule has 0 saturated carbocycles. The summed E-state index contributed by atoms with van der Waals surface area (Å²) in [6.07, 6.45) is 2.45. The van der Waals surface area contributed by atoms with E-state index in [2.05, 4.69) is 30.7 Å². The van der Waals surface area contributed by atoms with Gasteiger partial charge in [0, 0.05) is 36.4 Å². The van der Waals surface area contributed by atoms with E-state index in [0.717, 1.165) is 11.1 Å². The molecule has 0 aromatic carbocycles. The molecule has 134 valence electrons. The molecule has 0 spiro atoms. The average molecular weight is 355 g/mol. The van der Waals surface area contributed by atoms with E-state index in [4.69, 9.17) is 0 Å². The lowest BCUT2D eigenvalue weighted by Gasteiger charge is -2.24. The molecule has 2 atom stereocenters. The molecule has 0 radical (unpaired) electrons. The van der Waals surface area contributed by atoms with Gasteiger partial charge in [0.25, 0.3) is 5.91 Å². The largest absolute Gasteiger partial charge is 0.350 e. The highest BCUT2D eigenvalue weighted by molar-refractivity contribution is 5.97. The Labute approximate surface area is 148 Å². The first-order valence-corrected chi connectivity index (χ1v) is 8.39. The van der Waals surface area contributed by atoms with Gasteiger partial charge in [-0.1, -0.05) is 0 Å². The molecule has 4 heterocycles. The number of hydrogen-bond acceptors (Lipinski definition) is 6. The van der Waals surface area contributed by atoms with E-state index in [1.807, 2.05) is 11.8 Å². The van der Waals surface area contributed by atoms with Crippen molar-refractivity contribution in [1.29, 1.82) is 0 Å². The number of pyridine rings is 1. The van der Waals surface area contributed by atoms with Crippen molar-refractivity contribution < 1.29 is 9.18 Å². The first-order valence-electron chi connectivity index (χ1n) is 8.39. The van der Waals surface area contributed by atoms with Crippen LogP contribution in [0.25, 0.3) is 11.0 Å². The lowest BCUT2D eigenvalue weighted by molar-refractivity contribution is 0.0950. The minimum absolute atomic E-state index is 0.169. The van der Waals surface area contributed by atoms with Crippen molar-refractivity contribution in [3.63, 3.8) is 0 Å². The van der Waals surface area contributed by atoms with E-state index in [9.17, 15) is 9.18 Å². The Balaban J connectivity index is 1.46. The van der Waals surface area contributed by atoms with Crippen molar-refractivity contribution in [2.24, 2.45) is 0 Å². The van der Waals surface area contributed by atoms with Crippen LogP contribution in [0.3, 0.4) is 0 Å². The third-order valence-corrected chi connectivity index (χ3v) is 4.58. The van der Waals surface area contributed by atoms with Gasteiger partial charge in [0.1, 0.15) is 6.17 Å². The van der Waals surface area contributed by atoms with Crippen LogP contribution in [0.5, 0.6) is 0 Å². The molecule has 1 amide bonds. The molecule has 1 fully saturated rings. The van der Waals surface area contributed by atoms with E-state index in [1.54, 1.807) is 24.4 Å². The minimum Gasteiger partial charge on any atom is -0.350 e. The second-order valence-electron chi connectivity index (χ2n) is 6.37. The van der Waals surface area contributed by atoms with Crippen molar-refractivity contribution in [3.05, 3.63) is 41.9 Å². The van der Waals surface area contributed by atoms with Crippen molar-refractivity contribution in [1.82, 2.24) is 30.7 Å². The van der Waals surface area contributed by atoms with Crippen molar-refractivity contribution in [2.75, 3.05) is 18.0 Å². The molecular weight excluding hydrogens is 337 g/mol. The fraction of sp³-hybridized carbons (Fsp3) is 0.353. The van der Waals surface area contributed by atoms with Crippen LogP contribution in [0.2, 0.25) is 0 Å². The third-order valence-electron chi connectivity index (χ3n) is 4.58. The fourth-order valence-corrected chi connectivity index (χ4v) is 3.24. The molecular formula is C17H18FN7O. The number of aryl methyl sites for hydroxylation is 1. The second-order valence-corrected chi connectivity index (χ2v) is 6.37. The predicted molar refractivity (Wildman–Crippen MR) is 93.6 cm³/mol. The van der Waals surface area contributed by atoms with Crippen molar-refractivity contribution in [3.8, 4) is 0 Å². The number of aromatic amines is 1. The number of amides is 1.